The minimum atomic E-state index is 0.745. The van der Waals surface area contributed by atoms with Gasteiger partial charge in [-0.1, -0.05) is 24.3 Å². The van der Waals surface area contributed by atoms with Crippen LogP contribution in [0.5, 0.6) is 0 Å². The minimum absolute atomic E-state index is 0.745. The first kappa shape index (κ1) is 10.7. The summed E-state index contributed by atoms with van der Waals surface area (Å²) in [6, 6.07) is 8.49. The lowest BCUT2D eigenvalue weighted by molar-refractivity contribution is 0.683. The molecule has 4 heteroatoms. The van der Waals surface area contributed by atoms with E-state index in [0.717, 1.165) is 24.3 Å². The molecule has 0 bridgehead atoms. The molecule has 1 aromatic heterocycles. The Morgan fingerprint density at radius 1 is 1.25 bits per heavy atom. The fourth-order valence-corrected chi connectivity index (χ4v) is 1.52. The van der Waals surface area contributed by atoms with Gasteiger partial charge in [-0.25, -0.2) is 0 Å². The first-order valence-corrected chi connectivity index (χ1v) is 5.46. The van der Waals surface area contributed by atoms with E-state index in [1.54, 1.807) is 10.9 Å². The molecule has 0 saturated heterocycles. The zero-order valence-corrected chi connectivity index (χ0v) is 9.64. The Bertz CT molecular complexity index is 444. The molecule has 4 nitrogen and oxygen atoms in total. The van der Waals surface area contributed by atoms with E-state index in [1.807, 2.05) is 7.05 Å². The maximum Gasteiger partial charge on any atom is 0.0774 e. The quantitative estimate of drug-likeness (QED) is 0.850. The van der Waals surface area contributed by atoms with Crippen molar-refractivity contribution in [3.8, 4) is 0 Å². The number of hydrogen-bond acceptors (Lipinski definition) is 3. The van der Waals surface area contributed by atoms with Crippen LogP contribution in [0.3, 0.4) is 0 Å². The standard InChI is InChI=1S/C12H16N4/c1-3-10-4-6-11(7-5-10)13-8-12-9-14-15-16(12)2/h4-7,9,13H,3,8H2,1-2H3. The third kappa shape index (κ3) is 2.39. The molecule has 0 fully saturated rings. The molecular weight excluding hydrogens is 200 g/mol. The lowest BCUT2D eigenvalue weighted by atomic mass is 10.1. The molecule has 1 aromatic carbocycles. The van der Waals surface area contributed by atoms with E-state index in [1.165, 1.54) is 5.56 Å². The highest BCUT2D eigenvalue weighted by Gasteiger charge is 1.99. The van der Waals surface area contributed by atoms with Crippen LogP contribution in [-0.2, 0) is 20.0 Å². The second-order valence-electron chi connectivity index (χ2n) is 3.75. The van der Waals surface area contributed by atoms with Gasteiger partial charge >= 0.3 is 0 Å². The minimum Gasteiger partial charge on any atom is -0.379 e. The average Bonchev–Trinajstić information content (AvgIpc) is 2.73. The van der Waals surface area contributed by atoms with Crippen LogP contribution in [-0.4, -0.2) is 15.0 Å². The van der Waals surface area contributed by atoms with Gasteiger partial charge in [0.1, 0.15) is 0 Å². The molecule has 0 aliphatic heterocycles. The van der Waals surface area contributed by atoms with Gasteiger partial charge < -0.3 is 5.32 Å². The molecule has 2 aromatic rings. The van der Waals surface area contributed by atoms with Crippen LogP contribution in [0.4, 0.5) is 5.69 Å². The lowest BCUT2D eigenvalue weighted by Crippen LogP contribution is -2.05. The fourth-order valence-electron chi connectivity index (χ4n) is 1.52. The summed E-state index contributed by atoms with van der Waals surface area (Å²) in [5, 5.41) is 11.1. The van der Waals surface area contributed by atoms with Crippen LogP contribution in [0, 0.1) is 0 Å². The van der Waals surface area contributed by atoms with Gasteiger partial charge in [-0.15, -0.1) is 5.10 Å². The number of anilines is 1. The number of nitrogens with one attached hydrogen (secondary N) is 1. The molecule has 0 aliphatic carbocycles. The van der Waals surface area contributed by atoms with Crippen LogP contribution in [0.1, 0.15) is 18.2 Å². The van der Waals surface area contributed by atoms with Crippen LogP contribution in [0.2, 0.25) is 0 Å². The van der Waals surface area contributed by atoms with Crippen molar-refractivity contribution < 1.29 is 0 Å². The average molecular weight is 216 g/mol. The third-order valence-corrected chi connectivity index (χ3v) is 2.64. The van der Waals surface area contributed by atoms with Gasteiger partial charge in [0.2, 0.25) is 0 Å². The summed E-state index contributed by atoms with van der Waals surface area (Å²) in [7, 11) is 1.89. The van der Waals surface area contributed by atoms with Crippen molar-refractivity contribution in [3.05, 3.63) is 41.7 Å². The van der Waals surface area contributed by atoms with Crippen molar-refractivity contribution in [3.63, 3.8) is 0 Å². The number of hydrogen-bond donors (Lipinski definition) is 1. The SMILES string of the molecule is CCc1ccc(NCc2cnnn2C)cc1. The number of aryl methyl sites for hydroxylation is 2. The molecular formula is C12H16N4. The Morgan fingerprint density at radius 2 is 2.00 bits per heavy atom. The largest absolute Gasteiger partial charge is 0.379 e. The van der Waals surface area contributed by atoms with Gasteiger partial charge in [0.25, 0.3) is 0 Å². The van der Waals surface area contributed by atoms with Crippen molar-refractivity contribution >= 4 is 5.69 Å². The maximum atomic E-state index is 3.88. The van der Waals surface area contributed by atoms with Crippen molar-refractivity contribution in [1.82, 2.24) is 15.0 Å². The summed E-state index contributed by atoms with van der Waals surface area (Å²) in [4.78, 5) is 0. The molecule has 0 saturated carbocycles. The topological polar surface area (TPSA) is 42.7 Å². The molecule has 1 N–H and O–H groups in total. The van der Waals surface area contributed by atoms with E-state index in [9.17, 15) is 0 Å². The summed E-state index contributed by atoms with van der Waals surface area (Å²) in [5.41, 5.74) is 3.55. The van der Waals surface area contributed by atoms with Crippen molar-refractivity contribution in [2.45, 2.75) is 19.9 Å². The Kier molecular flexibility index (Phi) is 3.19. The fraction of sp³-hybridized carbons (Fsp3) is 0.333. The van der Waals surface area contributed by atoms with Crippen LogP contribution < -0.4 is 5.32 Å². The van der Waals surface area contributed by atoms with Gasteiger partial charge in [0.05, 0.1) is 18.4 Å². The Balaban J connectivity index is 1.97. The smallest absolute Gasteiger partial charge is 0.0774 e. The summed E-state index contributed by atoms with van der Waals surface area (Å²) in [6.07, 6.45) is 2.85. The monoisotopic (exact) mass is 216 g/mol. The first-order valence-electron chi connectivity index (χ1n) is 5.46. The molecule has 0 radical (unpaired) electrons. The van der Waals surface area contributed by atoms with E-state index in [2.05, 4.69) is 46.8 Å². The Labute approximate surface area is 95.3 Å². The van der Waals surface area contributed by atoms with E-state index in [-0.39, 0.29) is 0 Å². The normalized spacial score (nSPS) is 10.4. The van der Waals surface area contributed by atoms with Crippen molar-refractivity contribution in [1.29, 1.82) is 0 Å². The molecule has 0 amide bonds. The molecule has 0 atom stereocenters. The van der Waals surface area contributed by atoms with Crippen LogP contribution in [0.25, 0.3) is 0 Å². The summed E-state index contributed by atoms with van der Waals surface area (Å²) >= 11 is 0. The second kappa shape index (κ2) is 4.79. The Morgan fingerprint density at radius 3 is 2.56 bits per heavy atom. The number of nitrogens with zero attached hydrogens (tertiary/aromatic N) is 3. The van der Waals surface area contributed by atoms with E-state index >= 15 is 0 Å². The molecule has 0 spiro atoms. The number of benzene rings is 1. The third-order valence-electron chi connectivity index (χ3n) is 2.64. The van der Waals surface area contributed by atoms with Crippen molar-refractivity contribution in [2.24, 2.45) is 7.05 Å². The highest BCUT2D eigenvalue weighted by molar-refractivity contribution is 5.44. The summed E-state index contributed by atoms with van der Waals surface area (Å²) in [5.74, 6) is 0. The predicted molar refractivity (Wildman–Crippen MR) is 64.1 cm³/mol. The van der Waals surface area contributed by atoms with Gasteiger partial charge in [-0.05, 0) is 24.1 Å². The highest BCUT2D eigenvalue weighted by Crippen LogP contribution is 2.10. The molecule has 16 heavy (non-hydrogen) atoms. The highest BCUT2D eigenvalue weighted by atomic mass is 15.4. The van der Waals surface area contributed by atoms with Crippen molar-refractivity contribution in [2.75, 3.05) is 5.32 Å². The maximum absolute atomic E-state index is 3.88. The van der Waals surface area contributed by atoms with Gasteiger partial charge in [-0.3, -0.25) is 4.68 Å². The Hall–Kier alpha value is -1.84. The van der Waals surface area contributed by atoms with Gasteiger partial charge in [-0.2, -0.15) is 0 Å². The zero-order chi connectivity index (χ0) is 11.4. The number of rotatable bonds is 4. The molecule has 1 heterocycles. The molecule has 2 rings (SSSR count). The van der Waals surface area contributed by atoms with Crippen LogP contribution in [0.15, 0.2) is 30.5 Å². The predicted octanol–water partition coefficient (Wildman–Crippen LogP) is 1.99. The first-order chi connectivity index (χ1) is 7.79. The van der Waals surface area contributed by atoms with Crippen LogP contribution >= 0.6 is 0 Å². The van der Waals surface area contributed by atoms with Gasteiger partial charge in [0.15, 0.2) is 0 Å². The zero-order valence-electron chi connectivity index (χ0n) is 9.64. The molecule has 84 valence electrons. The van der Waals surface area contributed by atoms with E-state index in [4.69, 9.17) is 0 Å². The molecule has 0 aliphatic rings. The lowest BCUT2D eigenvalue weighted by Gasteiger charge is -2.06. The number of aromatic nitrogens is 3. The van der Waals surface area contributed by atoms with E-state index in [0.29, 0.717) is 0 Å². The van der Waals surface area contributed by atoms with E-state index < -0.39 is 0 Å². The second-order valence-corrected chi connectivity index (χ2v) is 3.75. The molecule has 0 unspecified atom stereocenters. The van der Waals surface area contributed by atoms with Gasteiger partial charge in [0, 0.05) is 12.7 Å². The summed E-state index contributed by atoms with van der Waals surface area (Å²) in [6.45, 7) is 2.90. The summed E-state index contributed by atoms with van der Waals surface area (Å²) < 4.78 is 1.77.